The van der Waals surface area contributed by atoms with Crippen LogP contribution < -0.4 is 0 Å². The smallest absolute Gasteiger partial charge is 0.336 e. The lowest BCUT2D eigenvalue weighted by molar-refractivity contribution is 0.0699. The van der Waals surface area contributed by atoms with E-state index in [1.165, 1.54) is 12.8 Å². The van der Waals surface area contributed by atoms with Crippen molar-refractivity contribution >= 4 is 43.7 Å². The molecule has 1 saturated heterocycles. The van der Waals surface area contributed by atoms with Gasteiger partial charge in [0.2, 0.25) is 0 Å². The Kier molecular flexibility index (Phi) is 5.23. The molecule has 0 aliphatic carbocycles. The molecule has 6 heteroatoms. The second-order valence-corrected chi connectivity index (χ2v) is 8.69. The van der Waals surface area contributed by atoms with E-state index in [2.05, 4.69) is 37.7 Å². The Bertz CT molecular complexity index is 1370. The van der Waals surface area contributed by atoms with Crippen molar-refractivity contribution < 1.29 is 9.90 Å². The number of carboxylic acids is 1. The number of halogens is 1. The van der Waals surface area contributed by atoms with Gasteiger partial charge in [-0.15, -0.1) is 0 Å². The van der Waals surface area contributed by atoms with Crippen molar-refractivity contribution in [3.63, 3.8) is 0 Å². The van der Waals surface area contributed by atoms with Crippen LogP contribution >= 0.6 is 15.9 Å². The molecule has 4 aromatic rings. The summed E-state index contributed by atoms with van der Waals surface area (Å²) in [6.07, 6.45) is 4.34. The van der Waals surface area contributed by atoms with E-state index in [1.54, 1.807) is 6.07 Å². The number of pyridine rings is 1. The van der Waals surface area contributed by atoms with Crippen molar-refractivity contribution in [2.75, 3.05) is 19.6 Å². The minimum absolute atomic E-state index is 0.229. The minimum Gasteiger partial charge on any atom is -0.478 e. The topological polar surface area (TPSA) is 69.2 Å². The molecule has 0 atom stereocenters. The van der Waals surface area contributed by atoms with Gasteiger partial charge in [-0.1, -0.05) is 27.8 Å². The molecule has 5 rings (SSSR count). The van der Waals surface area contributed by atoms with Gasteiger partial charge in [0.25, 0.3) is 0 Å². The molecule has 0 spiro atoms. The highest BCUT2D eigenvalue weighted by molar-refractivity contribution is 9.10. The first-order valence-electron chi connectivity index (χ1n) is 10.2. The molecule has 2 N–H and O–H groups in total. The van der Waals surface area contributed by atoms with Gasteiger partial charge >= 0.3 is 5.97 Å². The van der Waals surface area contributed by atoms with Gasteiger partial charge in [-0.2, -0.15) is 0 Å². The third-order valence-electron chi connectivity index (χ3n) is 5.69. The van der Waals surface area contributed by atoms with Gasteiger partial charge in [0, 0.05) is 38.1 Å². The number of carbonyl (C=O) groups is 1. The maximum Gasteiger partial charge on any atom is 0.336 e. The molecule has 0 amide bonds. The number of carboxylic acid groups (broad SMARTS) is 1. The molecular weight excluding hydrogens is 454 g/mol. The summed E-state index contributed by atoms with van der Waals surface area (Å²) in [6.45, 7) is 2.95. The van der Waals surface area contributed by atoms with Crippen LogP contribution in [0.4, 0.5) is 0 Å². The Labute approximate surface area is 188 Å². The van der Waals surface area contributed by atoms with E-state index >= 15 is 0 Å². The van der Waals surface area contributed by atoms with Crippen molar-refractivity contribution in [1.82, 2.24) is 14.9 Å². The standard InChI is InChI=1S/C25H20BrN3O2/c26-17-6-8-22-19(13-17)21(15-27-22)24-14-20(25(30)31)18-12-16(5-7-23(18)28-24)4-3-11-29-9-1-2-10-29/h5-8,12-15,27H,1-2,9-11H2,(H,30,31). The number of hydrogen-bond acceptors (Lipinski definition) is 3. The average Bonchev–Trinajstić information content (AvgIpc) is 3.42. The van der Waals surface area contributed by atoms with Gasteiger partial charge in [0.15, 0.2) is 0 Å². The molecule has 154 valence electrons. The van der Waals surface area contributed by atoms with Crippen LogP contribution in [0, 0.1) is 11.8 Å². The van der Waals surface area contributed by atoms with E-state index in [1.807, 2.05) is 42.6 Å². The molecule has 1 fully saturated rings. The molecule has 3 heterocycles. The fourth-order valence-electron chi connectivity index (χ4n) is 4.12. The van der Waals surface area contributed by atoms with Crippen molar-refractivity contribution in [2.45, 2.75) is 12.8 Å². The summed E-state index contributed by atoms with van der Waals surface area (Å²) < 4.78 is 0.956. The summed E-state index contributed by atoms with van der Waals surface area (Å²) >= 11 is 3.51. The highest BCUT2D eigenvalue weighted by Gasteiger charge is 2.16. The number of aromatic amines is 1. The number of likely N-dealkylation sites (tertiary alicyclic amines) is 1. The third kappa shape index (κ3) is 3.95. The lowest BCUT2D eigenvalue weighted by atomic mass is 10.0. The van der Waals surface area contributed by atoms with E-state index in [0.29, 0.717) is 16.6 Å². The maximum absolute atomic E-state index is 12.1. The lowest BCUT2D eigenvalue weighted by Crippen LogP contribution is -2.18. The molecule has 2 aromatic carbocycles. The fraction of sp³-hybridized carbons (Fsp3) is 0.200. The summed E-state index contributed by atoms with van der Waals surface area (Å²) in [5.74, 6) is 5.42. The van der Waals surface area contributed by atoms with Gasteiger partial charge in [-0.05, 0) is 68.4 Å². The van der Waals surface area contributed by atoms with Crippen molar-refractivity contribution in [3.8, 4) is 23.1 Å². The van der Waals surface area contributed by atoms with Crippen LogP contribution in [0.15, 0.2) is 53.1 Å². The normalized spacial score (nSPS) is 14.1. The molecule has 1 aliphatic rings. The largest absolute Gasteiger partial charge is 0.478 e. The number of aromatic nitrogens is 2. The SMILES string of the molecule is O=C(O)c1cc(-c2c[nH]c3ccc(Br)cc23)nc2ccc(C#CCN3CCCC3)cc12. The quantitative estimate of drug-likeness (QED) is 0.396. The first-order chi connectivity index (χ1) is 15.1. The van der Waals surface area contributed by atoms with Gasteiger partial charge in [0.1, 0.15) is 0 Å². The van der Waals surface area contributed by atoms with Crippen LogP contribution in [0.25, 0.3) is 33.1 Å². The van der Waals surface area contributed by atoms with Crippen LogP contribution in [0.1, 0.15) is 28.8 Å². The first kappa shape index (κ1) is 19.8. The number of H-pyrrole nitrogens is 1. The highest BCUT2D eigenvalue weighted by atomic mass is 79.9. The summed E-state index contributed by atoms with van der Waals surface area (Å²) in [4.78, 5) is 22.4. The fourth-order valence-corrected chi connectivity index (χ4v) is 4.48. The summed E-state index contributed by atoms with van der Waals surface area (Å²) in [5.41, 5.74) is 4.15. The van der Waals surface area contributed by atoms with Gasteiger partial charge in [-0.25, -0.2) is 9.78 Å². The minimum atomic E-state index is -0.975. The zero-order valence-corrected chi connectivity index (χ0v) is 18.4. The molecular formula is C25H20BrN3O2. The van der Waals surface area contributed by atoms with E-state index in [4.69, 9.17) is 4.98 Å². The van der Waals surface area contributed by atoms with Gasteiger partial charge in [0.05, 0.1) is 23.3 Å². The Morgan fingerprint density at radius 3 is 2.77 bits per heavy atom. The molecule has 5 nitrogen and oxygen atoms in total. The molecule has 0 unspecified atom stereocenters. The average molecular weight is 474 g/mol. The van der Waals surface area contributed by atoms with Gasteiger partial charge < -0.3 is 10.1 Å². The highest BCUT2D eigenvalue weighted by Crippen LogP contribution is 2.32. The molecule has 31 heavy (non-hydrogen) atoms. The number of rotatable bonds is 3. The van der Waals surface area contributed by atoms with E-state index < -0.39 is 5.97 Å². The lowest BCUT2D eigenvalue weighted by Gasteiger charge is -2.09. The number of aromatic carboxylic acids is 1. The van der Waals surface area contributed by atoms with Crippen LogP contribution in [-0.4, -0.2) is 45.6 Å². The zero-order valence-electron chi connectivity index (χ0n) is 16.8. The number of nitrogens with one attached hydrogen (secondary N) is 1. The van der Waals surface area contributed by atoms with Gasteiger partial charge in [-0.3, -0.25) is 4.90 Å². The number of hydrogen-bond donors (Lipinski definition) is 2. The van der Waals surface area contributed by atoms with Crippen molar-refractivity contribution in [3.05, 3.63) is 64.3 Å². The van der Waals surface area contributed by atoms with Crippen LogP contribution in [0.3, 0.4) is 0 Å². The maximum atomic E-state index is 12.1. The molecule has 1 aliphatic heterocycles. The first-order valence-corrected chi connectivity index (χ1v) is 11.0. The Morgan fingerprint density at radius 2 is 1.97 bits per heavy atom. The molecule has 2 aromatic heterocycles. The Hall–Kier alpha value is -3.14. The second-order valence-electron chi connectivity index (χ2n) is 7.77. The van der Waals surface area contributed by atoms with Crippen LogP contribution in [-0.2, 0) is 0 Å². The van der Waals surface area contributed by atoms with Crippen LogP contribution in [0.2, 0.25) is 0 Å². The summed E-state index contributed by atoms with van der Waals surface area (Å²) in [5, 5.41) is 11.5. The molecule has 0 bridgehead atoms. The summed E-state index contributed by atoms with van der Waals surface area (Å²) in [7, 11) is 0. The predicted octanol–water partition coefficient (Wildman–Crippen LogP) is 5.29. The predicted molar refractivity (Wildman–Crippen MR) is 126 cm³/mol. The van der Waals surface area contributed by atoms with Crippen molar-refractivity contribution in [2.24, 2.45) is 0 Å². The van der Waals surface area contributed by atoms with Crippen LogP contribution in [0.5, 0.6) is 0 Å². The van der Waals surface area contributed by atoms with E-state index in [0.717, 1.165) is 46.1 Å². The number of fused-ring (bicyclic) bond motifs is 2. The summed E-state index contributed by atoms with van der Waals surface area (Å²) in [6, 6.07) is 13.2. The molecule has 0 saturated carbocycles. The Morgan fingerprint density at radius 1 is 1.13 bits per heavy atom. The number of benzene rings is 2. The monoisotopic (exact) mass is 473 g/mol. The number of nitrogens with zero attached hydrogens (tertiary/aromatic N) is 2. The third-order valence-corrected chi connectivity index (χ3v) is 6.19. The zero-order chi connectivity index (χ0) is 21.4. The second kappa shape index (κ2) is 8.18. The molecule has 0 radical (unpaired) electrons. The van der Waals surface area contributed by atoms with E-state index in [9.17, 15) is 9.90 Å². The van der Waals surface area contributed by atoms with Crippen molar-refractivity contribution in [1.29, 1.82) is 0 Å². The van der Waals surface area contributed by atoms with E-state index in [-0.39, 0.29) is 5.56 Å². The Balaban J connectivity index is 1.57.